The Kier molecular flexibility index (Phi) is 10.8. The average Bonchev–Trinajstić information content (AvgIpc) is 2.80. The van der Waals surface area contributed by atoms with E-state index >= 15 is 0 Å². The number of benzene rings is 1. The number of aliphatic imine (C=N–C) groups is 1. The maximum Gasteiger partial charge on any atom is 0.336 e. The van der Waals surface area contributed by atoms with Gasteiger partial charge in [0.15, 0.2) is 5.96 Å². The molecule has 0 spiro atoms. The summed E-state index contributed by atoms with van der Waals surface area (Å²) in [7, 11) is 0. The van der Waals surface area contributed by atoms with E-state index in [0.29, 0.717) is 11.3 Å². The van der Waals surface area contributed by atoms with Gasteiger partial charge in [-0.25, -0.2) is 9.79 Å². The van der Waals surface area contributed by atoms with Gasteiger partial charge >= 0.3 is 5.97 Å². The summed E-state index contributed by atoms with van der Waals surface area (Å²) in [6, 6.07) is 6.98. The second kappa shape index (κ2) is 12.8. The van der Waals surface area contributed by atoms with Crippen molar-refractivity contribution in [2.75, 3.05) is 13.2 Å². The summed E-state index contributed by atoms with van der Waals surface area (Å²) < 4.78 is 0. The van der Waals surface area contributed by atoms with Crippen LogP contribution in [0, 0.1) is 0 Å². The number of amides is 1. The minimum atomic E-state index is -1.82. The van der Waals surface area contributed by atoms with Crippen LogP contribution in [0.3, 0.4) is 0 Å². The highest BCUT2D eigenvalue weighted by molar-refractivity contribution is 5.97. The third-order valence-electron chi connectivity index (χ3n) is 4.60. The first kappa shape index (κ1) is 28.7. The highest BCUT2D eigenvalue weighted by atomic mass is 35.5. The van der Waals surface area contributed by atoms with Gasteiger partial charge in [0.25, 0.3) is 5.91 Å². The molecule has 0 aliphatic carbocycles. The molecule has 13 nitrogen and oxygen atoms in total. The third kappa shape index (κ3) is 7.34. The topological polar surface area (TPSA) is 245 Å². The number of rotatable bonds is 10. The Hall–Kier alpha value is -3.33. The van der Waals surface area contributed by atoms with Gasteiger partial charge < -0.3 is 47.4 Å². The van der Waals surface area contributed by atoms with Crippen molar-refractivity contribution in [2.24, 2.45) is 16.5 Å². The molecule has 0 radical (unpaired) electrons. The molecule has 1 aromatic carbocycles. The summed E-state index contributed by atoms with van der Waals surface area (Å²) in [5.41, 5.74) is 11.5. The number of pyridine rings is 1. The molecule has 0 saturated carbocycles. The first-order valence-electron chi connectivity index (χ1n) is 9.59. The summed E-state index contributed by atoms with van der Waals surface area (Å²) in [6.45, 7) is -1.31. The largest absolute Gasteiger partial charge is 0.478 e. The van der Waals surface area contributed by atoms with Crippen molar-refractivity contribution in [1.82, 2.24) is 10.3 Å². The van der Waals surface area contributed by atoms with Gasteiger partial charge in [-0.2, -0.15) is 0 Å². The molecule has 14 heteroatoms. The summed E-state index contributed by atoms with van der Waals surface area (Å²) >= 11 is 0. The molecule has 0 unspecified atom stereocenters. The highest BCUT2D eigenvalue weighted by Crippen LogP contribution is 2.28. The number of aliphatic hydroxyl groups excluding tert-OH is 5. The third-order valence-corrected chi connectivity index (χ3v) is 4.60. The van der Waals surface area contributed by atoms with E-state index in [1.165, 1.54) is 36.5 Å². The number of nitrogens with two attached hydrogens (primary N) is 2. The number of hydrogen-bond acceptors (Lipinski definition) is 9. The van der Waals surface area contributed by atoms with Crippen LogP contribution >= 0.6 is 12.4 Å². The van der Waals surface area contributed by atoms with Crippen molar-refractivity contribution in [3.63, 3.8) is 0 Å². The molecule has 0 saturated heterocycles. The predicted octanol–water partition coefficient (Wildman–Crippen LogP) is -2.06. The molecule has 2 rings (SSSR count). The van der Waals surface area contributed by atoms with Crippen LogP contribution in [-0.2, 0) is 0 Å². The maximum atomic E-state index is 12.3. The van der Waals surface area contributed by atoms with Crippen molar-refractivity contribution < 1.29 is 40.2 Å². The van der Waals surface area contributed by atoms with Crippen LogP contribution in [0.1, 0.15) is 20.8 Å². The lowest BCUT2D eigenvalue weighted by molar-refractivity contribution is -0.113. The van der Waals surface area contributed by atoms with Crippen molar-refractivity contribution in [3.05, 3.63) is 47.8 Å². The molecular formula is C20H26ClN5O8. The Labute approximate surface area is 199 Å². The van der Waals surface area contributed by atoms with Gasteiger partial charge in [0, 0.05) is 18.3 Å². The van der Waals surface area contributed by atoms with Crippen LogP contribution in [0.4, 0.5) is 5.69 Å². The van der Waals surface area contributed by atoms with E-state index in [-0.39, 0.29) is 35.2 Å². The zero-order valence-corrected chi connectivity index (χ0v) is 18.5. The summed E-state index contributed by atoms with van der Waals surface area (Å²) in [6.07, 6.45) is -5.68. The number of hydrogen-bond donors (Lipinski definition) is 9. The molecule has 0 aliphatic heterocycles. The number of aromatic carboxylic acids is 1. The molecular weight excluding hydrogens is 474 g/mol. The van der Waals surface area contributed by atoms with Crippen LogP contribution in [0.25, 0.3) is 11.1 Å². The number of guanidine groups is 1. The van der Waals surface area contributed by atoms with Gasteiger partial charge in [-0.15, -0.1) is 12.4 Å². The molecule has 11 N–H and O–H groups in total. The quantitative estimate of drug-likeness (QED) is 0.127. The molecule has 0 bridgehead atoms. The lowest BCUT2D eigenvalue weighted by Crippen LogP contribution is -2.49. The molecule has 4 atom stereocenters. The van der Waals surface area contributed by atoms with Crippen LogP contribution in [0.15, 0.2) is 41.5 Å². The number of halogens is 1. The summed E-state index contributed by atoms with van der Waals surface area (Å²) in [4.78, 5) is 31.7. The zero-order chi connectivity index (χ0) is 24.7. The van der Waals surface area contributed by atoms with Crippen molar-refractivity contribution in [3.8, 4) is 11.1 Å². The lowest BCUT2D eigenvalue weighted by atomic mass is 10.00. The van der Waals surface area contributed by atoms with E-state index in [9.17, 15) is 35.1 Å². The Bertz CT molecular complexity index is 1020. The molecule has 186 valence electrons. The van der Waals surface area contributed by atoms with E-state index in [2.05, 4.69) is 15.3 Å². The van der Waals surface area contributed by atoms with Crippen molar-refractivity contribution >= 4 is 35.9 Å². The second-order valence-electron chi connectivity index (χ2n) is 7.01. The van der Waals surface area contributed by atoms with Crippen LogP contribution < -0.4 is 16.8 Å². The number of carboxylic acids is 1. The Morgan fingerprint density at radius 2 is 1.68 bits per heavy atom. The normalized spacial score (nSPS) is 14.1. The monoisotopic (exact) mass is 499 g/mol. The van der Waals surface area contributed by atoms with Crippen molar-refractivity contribution in [1.29, 1.82) is 0 Å². The maximum absolute atomic E-state index is 12.3. The van der Waals surface area contributed by atoms with E-state index in [1.54, 1.807) is 0 Å². The number of carbonyl (C=O) groups excluding carboxylic acids is 1. The fourth-order valence-corrected chi connectivity index (χ4v) is 2.84. The molecule has 0 aliphatic rings. The second-order valence-corrected chi connectivity index (χ2v) is 7.01. The number of carbonyl (C=O) groups is 2. The smallest absolute Gasteiger partial charge is 0.336 e. The number of aromatic nitrogens is 1. The van der Waals surface area contributed by atoms with Gasteiger partial charge in [0.1, 0.15) is 24.0 Å². The van der Waals surface area contributed by atoms with Gasteiger partial charge in [-0.3, -0.25) is 9.78 Å². The fraction of sp³-hybridized carbons (Fsp3) is 0.300. The van der Waals surface area contributed by atoms with Gasteiger partial charge in [-0.05, 0) is 29.8 Å². The van der Waals surface area contributed by atoms with E-state index in [4.69, 9.17) is 16.6 Å². The summed E-state index contributed by atoms with van der Waals surface area (Å²) in [5.74, 6) is -2.12. The predicted molar refractivity (Wildman–Crippen MR) is 123 cm³/mol. The van der Waals surface area contributed by atoms with E-state index in [0.717, 1.165) is 0 Å². The fourth-order valence-electron chi connectivity index (χ4n) is 2.84. The van der Waals surface area contributed by atoms with Crippen LogP contribution in [-0.4, -0.2) is 91.0 Å². The summed E-state index contributed by atoms with van der Waals surface area (Å²) in [5, 5.41) is 59.1. The molecule has 1 aromatic heterocycles. The molecule has 0 fully saturated rings. The van der Waals surface area contributed by atoms with Crippen LogP contribution in [0.5, 0.6) is 0 Å². The number of nitrogens with zero attached hydrogens (tertiary/aromatic N) is 2. The molecule has 34 heavy (non-hydrogen) atoms. The minimum absolute atomic E-state index is 0. The lowest BCUT2D eigenvalue weighted by Gasteiger charge is -2.25. The van der Waals surface area contributed by atoms with Crippen LogP contribution in [0.2, 0.25) is 0 Å². The first-order valence-corrected chi connectivity index (χ1v) is 9.59. The van der Waals surface area contributed by atoms with E-state index in [1.807, 2.05) is 0 Å². The Morgan fingerprint density at radius 3 is 2.21 bits per heavy atom. The SMILES string of the molecule is Cl.NC(N)=Nc1ccc(C(=O)O)c(-c2ccc(C(=O)NC[C@H](O)[C@@H](O)[C@H](O)[C@H](O)CO)nc2)c1. The number of aliphatic hydroxyl groups is 5. The average molecular weight is 500 g/mol. The zero-order valence-electron chi connectivity index (χ0n) is 17.6. The number of nitrogens with one attached hydrogen (secondary N) is 1. The van der Waals surface area contributed by atoms with Gasteiger partial charge in [0.2, 0.25) is 0 Å². The molecule has 1 amide bonds. The molecule has 2 aromatic rings. The Morgan fingerprint density at radius 1 is 1.03 bits per heavy atom. The standard InChI is InChI=1S/C20H25N5O8.ClH/c21-20(22)25-10-2-3-11(19(32)33)12(5-10)9-1-4-13(23-6-9)18(31)24-7-14(27)16(29)17(30)15(28)8-26;/h1-6,14-17,26-30H,7-8H2,(H,24,31)(H,32,33)(H4,21,22,25);1H/t14-,15+,16+,17+;/m0./s1. The Balaban J connectivity index is 0.00000578. The molecule has 1 heterocycles. The van der Waals surface area contributed by atoms with Gasteiger partial charge in [0.05, 0.1) is 24.0 Å². The minimum Gasteiger partial charge on any atom is -0.478 e. The van der Waals surface area contributed by atoms with Gasteiger partial charge in [-0.1, -0.05) is 6.07 Å². The highest BCUT2D eigenvalue weighted by Gasteiger charge is 2.30. The number of carboxylic acid groups (broad SMARTS) is 1. The van der Waals surface area contributed by atoms with Crippen molar-refractivity contribution in [2.45, 2.75) is 24.4 Å². The first-order chi connectivity index (χ1) is 15.5. The van der Waals surface area contributed by atoms with E-state index < -0.39 is 49.4 Å².